The molecule has 1 aromatic rings. The molecule has 1 saturated heterocycles. The van der Waals surface area contributed by atoms with E-state index in [9.17, 15) is 4.79 Å². The first kappa shape index (κ1) is 11.3. The van der Waals surface area contributed by atoms with Crippen LogP contribution in [0.2, 0.25) is 0 Å². The van der Waals surface area contributed by atoms with Crippen molar-refractivity contribution in [2.24, 2.45) is 0 Å². The number of nitrogens with zero attached hydrogens (tertiary/aromatic N) is 3. The highest BCUT2D eigenvalue weighted by atomic mass is 16.1. The molecular weight excluding hydrogens is 216 g/mol. The SMILES string of the molecule is N#Cc1cc(N2CCN(C=O)CC2)ccc1N. The number of benzene rings is 1. The average molecular weight is 230 g/mol. The Labute approximate surface area is 100 Å². The Morgan fingerprint density at radius 1 is 1.29 bits per heavy atom. The van der Waals surface area contributed by atoms with Crippen molar-refractivity contribution in [3.63, 3.8) is 0 Å². The number of nitriles is 1. The van der Waals surface area contributed by atoms with E-state index in [1.165, 1.54) is 0 Å². The number of carbonyl (C=O) groups is 1. The van der Waals surface area contributed by atoms with Crippen molar-refractivity contribution >= 4 is 17.8 Å². The maximum absolute atomic E-state index is 10.6. The van der Waals surface area contributed by atoms with Gasteiger partial charge >= 0.3 is 0 Å². The third kappa shape index (κ3) is 2.31. The standard InChI is InChI=1S/C12H14N4O/c13-8-10-7-11(1-2-12(10)14)16-5-3-15(9-17)4-6-16/h1-2,7,9H,3-6,14H2. The Hall–Kier alpha value is -2.22. The smallest absolute Gasteiger partial charge is 0.209 e. The number of hydrogen-bond donors (Lipinski definition) is 1. The van der Waals surface area contributed by atoms with Crippen LogP contribution in [0.1, 0.15) is 5.56 Å². The van der Waals surface area contributed by atoms with E-state index in [0.717, 1.165) is 38.3 Å². The fraction of sp³-hybridized carbons (Fsp3) is 0.333. The molecule has 2 N–H and O–H groups in total. The molecule has 0 saturated carbocycles. The van der Waals surface area contributed by atoms with Gasteiger partial charge in [-0.15, -0.1) is 0 Å². The highest BCUT2D eigenvalue weighted by molar-refractivity contribution is 5.63. The summed E-state index contributed by atoms with van der Waals surface area (Å²) in [6.07, 6.45) is 0.876. The van der Waals surface area contributed by atoms with E-state index in [-0.39, 0.29) is 0 Å². The molecule has 0 aliphatic carbocycles. The highest BCUT2D eigenvalue weighted by Crippen LogP contribution is 2.21. The zero-order valence-electron chi connectivity index (χ0n) is 9.47. The molecule has 88 valence electrons. The van der Waals surface area contributed by atoms with Crippen LogP contribution in [-0.4, -0.2) is 37.5 Å². The number of nitrogen functional groups attached to an aromatic ring is 1. The Morgan fingerprint density at radius 3 is 2.59 bits per heavy atom. The van der Waals surface area contributed by atoms with Gasteiger partial charge in [-0.3, -0.25) is 4.79 Å². The van der Waals surface area contributed by atoms with Crippen molar-refractivity contribution in [1.82, 2.24) is 4.90 Å². The molecule has 0 unspecified atom stereocenters. The normalized spacial score (nSPS) is 15.5. The van der Waals surface area contributed by atoms with E-state index in [2.05, 4.69) is 11.0 Å². The predicted octanol–water partition coefficient (Wildman–Crippen LogP) is 0.419. The molecule has 2 rings (SSSR count). The van der Waals surface area contributed by atoms with Crippen molar-refractivity contribution in [3.8, 4) is 6.07 Å². The third-order valence-corrected chi connectivity index (χ3v) is 2.99. The molecule has 1 fully saturated rings. The average Bonchev–Trinajstić information content (AvgIpc) is 2.39. The first-order chi connectivity index (χ1) is 8.24. The maximum Gasteiger partial charge on any atom is 0.209 e. The molecule has 1 aromatic carbocycles. The summed E-state index contributed by atoms with van der Waals surface area (Å²) in [5.74, 6) is 0. The van der Waals surface area contributed by atoms with Crippen LogP contribution in [0.25, 0.3) is 0 Å². The molecule has 0 bridgehead atoms. The minimum absolute atomic E-state index is 0.500. The van der Waals surface area contributed by atoms with Crippen LogP contribution in [-0.2, 0) is 4.79 Å². The molecule has 5 heteroatoms. The first-order valence-electron chi connectivity index (χ1n) is 5.48. The van der Waals surface area contributed by atoms with Crippen molar-refractivity contribution in [3.05, 3.63) is 23.8 Å². The summed E-state index contributed by atoms with van der Waals surface area (Å²) in [5.41, 5.74) is 7.67. The third-order valence-electron chi connectivity index (χ3n) is 2.99. The Bertz CT molecular complexity index is 458. The van der Waals surface area contributed by atoms with Gasteiger partial charge in [0.2, 0.25) is 6.41 Å². The van der Waals surface area contributed by atoms with E-state index in [4.69, 9.17) is 11.0 Å². The van der Waals surface area contributed by atoms with E-state index < -0.39 is 0 Å². The molecule has 0 spiro atoms. The Balaban J connectivity index is 2.14. The van der Waals surface area contributed by atoms with E-state index in [1.54, 1.807) is 17.0 Å². The highest BCUT2D eigenvalue weighted by Gasteiger charge is 2.16. The van der Waals surface area contributed by atoms with E-state index in [0.29, 0.717) is 11.3 Å². The van der Waals surface area contributed by atoms with Gasteiger partial charge in [-0.05, 0) is 18.2 Å². The zero-order chi connectivity index (χ0) is 12.3. The lowest BCUT2D eigenvalue weighted by molar-refractivity contribution is -0.118. The molecule has 1 amide bonds. The second-order valence-electron chi connectivity index (χ2n) is 4.01. The van der Waals surface area contributed by atoms with Crippen LogP contribution < -0.4 is 10.6 Å². The number of amides is 1. The second kappa shape index (κ2) is 4.74. The van der Waals surface area contributed by atoms with Gasteiger partial charge in [0.25, 0.3) is 0 Å². The van der Waals surface area contributed by atoms with Crippen LogP contribution in [0.3, 0.4) is 0 Å². The lowest BCUT2D eigenvalue weighted by Gasteiger charge is -2.34. The molecule has 0 atom stereocenters. The summed E-state index contributed by atoms with van der Waals surface area (Å²) in [7, 11) is 0. The van der Waals surface area contributed by atoms with Crippen molar-refractivity contribution in [2.75, 3.05) is 36.8 Å². The quantitative estimate of drug-likeness (QED) is 0.590. The van der Waals surface area contributed by atoms with Crippen LogP contribution >= 0.6 is 0 Å². The molecule has 1 heterocycles. The van der Waals surface area contributed by atoms with Crippen LogP contribution in [0, 0.1) is 11.3 Å². The molecule has 1 aliphatic heterocycles. The van der Waals surface area contributed by atoms with Gasteiger partial charge in [0.15, 0.2) is 0 Å². The fourth-order valence-electron chi connectivity index (χ4n) is 1.92. The molecule has 5 nitrogen and oxygen atoms in total. The number of nitrogens with two attached hydrogens (primary N) is 1. The van der Waals surface area contributed by atoms with Gasteiger partial charge in [0, 0.05) is 37.6 Å². The number of hydrogen-bond acceptors (Lipinski definition) is 4. The molecule has 0 aromatic heterocycles. The summed E-state index contributed by atoms with van der Waals surface area (Å²) >= 11 is 0. The van der Waals surface area contributed by atoms with Crippen LogP contribution in [0.4, 0.5) is 11.4 Å². The lowest BCUT2D eigenvalue weighted by atomic mass is 10.1. The summed E-state index contributed by atoms with van der Waals surface area (Å²) < 4.78 is 0. The van der Waals surface area contributed by atoms with Crippen LogP contribution in [0.5, 0.6) is 0 Å². The fourth-order valence-corrected chi connectivity index (χ4v) is 1.92. The Morgan fingerprint density at radius 2 is 2.00 bits per heavy atom. The van der Waals surface area contributed by atoms with E-state index in [1.807, 2.05) is 6.07 Å². The minimum atomic E-state index is 0.500. The predicted molar refractivity (Wildman–Crippen MR) is 65.4 cm³/mol. The van der Waals surface area contributed by atoms with Gasteiger partial charge in [-0.25, -0.2) is 0 Å². The second-order valence-corrected chi connectivity index (χ2v) is 4.01. The van der Waals surface area contributed by atoms with Crippen molar-refractivity contribution in [2.45, 2.75) is 0 Å². The lowest BCUT2D eigenvalue weighted by Crippen LogP contribution is -2.45. The van der Waals surface area contributed by atoms with Gasteiger partial charge in [0.1, 0.15) is 6.07 Å². The Kier molecular flexibility index (Phi) is 3.15. The maximum atomic E-state index is 10.6. The van der Waals surface area contributed by atoms with Crippen molar-refractivity contribution in [1.29, 1.82) is 5.26 Å². The van der Waals surface area contributed by atoms with Gasteiger partial charge in [-0.2, -0.15) is 5.26 Å². The van der Waals surface area contributed by atoms with Crippen LogP contribution in [0.15, 0.2) is 18.2 Å². The molecular formula is C12H14N4O. The number of piperazine rings is 1. The number of rotatable bonds is 2. The van der Waals surface area contributed by atoms with E-state index >= 15 is 0 Å². The number of anilines is 2. The zero-order valence-corrected chi connectivity index (χ0v) is 9.47. The van der Waals surface area contributed by atoms with Gasteiger partial charge < -0.3 is 15.5 Å². The summed E-state index contributed by atoms with van der Waals surface area (Å²) in [6.45, 7) is 3.01. The van der Waals surface area contributed by atoms with Gasteiger partial charge in [0.05, 0.1) is 5.56 Å². The van der Waals surface area contributed by atoms with Crippen molar-refractivity contribution < 1.29 is 4.79 Å². The summed E-state index contributed by atoms with van der Waals surface area (Å²) in [6, 6.07) is 7.53. The van der Waals surface area contributed by atoms with Gasteiger partial charge in [-0.1, -0.05) is 0 Å². The summed E-state index contributed by atoms with van der Waals surface area (Å²) in [4.78, 5) is 14.5. The molecule has 1 aliphatic rings. The minimum Gasteiger partial charge on any atom is -0.398 e. The topological polar surface area (TPSA) is 73.4 Å². The monoisotopic (exact) mass is 230 g/mol. The largest absolute Gasteiger partial charge is 0.398 e. The summed E-state index contributed by atoms with van der Waals surface area (Å²) in [5, 5.41) is 8.92. The number of carbonyl (C=O) groups excluding carboxylic acids is 1. The molecule has 0 radical (unpaired) electrons. The molecule has 17 heavy (non-hydrogen) atoms. The first-order valence-corrected chi connectivity index (χ1v) is 5.48.